The molecule has 1 amide bonds. The molecule has 0 aliphatic carbocycles. The average molecular weight is 472 g/mol. The summed E-state index contributed by atoms with van der Waals surface area (Å²) in [6.45, 7) is 1.70. The molecule has 0 bridgehead atoms. The molecule has 8 heteroatoms. The lowest BCUT2D eigenvalue weighted by Crippen LogP contribution is -2.37. The van der Waals surface area contributed by atoms with Gasteiger partial charge in [-0.3, -0.25) is 14.9 Å². The van der Waals surface area contributed by atoms with Gasteiger partial charge in [0.05, 0.1) is 23.1 Å². The summed E-state index contributed by atoms with van der Waals surface area (Å²) >= 11 is 3.63. The van der Waals surface area contributed by atoms with Crippen LogP contribution in [0.15, 0.2) is 35.7 Å². The Morgan fingerprint density at radius 2 is 2.28 bits per heavy atom. The van der Waals surface area contributed by atoms with E-state index in [-0.39, 0.29) is 17.7 Å². The topological polar surface area (TPSA) is 72.7 Å². The van der Waals surface area contributed by atoms with Crippen molar-refractivity contribution in [3.05, 3.63) is 59.8 Å². The van der Waals surface area contributed by atoms with Crippen LogP contribution in [-0.2, 0) is 11.3 Å². The Balaban J connectivity index is 1.87. The van der Waals surface area contributed by atoms with Gasteiger partial charge in [-0.25, -0.2) is 0 Å². The second-order valence-corrected chi connectivity index (χ2v) is 8.02. The van der Waals surface area contributed by atoms with E-state index in [1.165, 1.54) is 12.1 Å². The van der Waals surface area contributed by atoms with Crippen molar-refractivity contribution >= 4 is 45.5 Å². The molecule has 1 aromatic heterocycles. The Morgan fingerprint density at radius 3 is 2.92 bits per heavy atom. The van der Waals surface area contributed by atoms with E-state index < -0.39 is 4.92 Å². The third-order valence-electron chi connectivity index (χ3n) is 4.05. The van der Waals surface area contributed by atoms with Crippen molar-refractivity contribution in [1.29, 1.82) is 0 Å². The summed E-state index contributed by atoms with van der Waals surface area (Å²) in [7, 11) is 0. The van der Waals surface area contributed by atoms with E-state index in [1.54, 1.807) is 22.3 Å². The number of hydrogen-bond donors (Lipinski definition) is 0. The molecule has 132 valence electrons. The number of thiophene rings is 1. The van der Waals surface area contributed by atoms with Crippen LogP contribution in [0.4, 0.5) is 5.69 Å². The summed E-state index contributed by atoms with van der Waals surface area (Å²) in [5.41, 5.74) is 0.293. The summed E-state index contributed by atoms with van der Waals surface area (Å²) in [5.74, 6) is -0.197. The molecule has 3 rings (SSSR count). The smallest absolute Gasteiger partial charge is 0.270 e. The zero-order valence-electron chi connectivity index (χ0n) is 13.4. The molecule has 1 aliphatic rings. The van der Waals surface area contributed by atoms with Gasteiger partial charge < -0.3 is 9.64 Å². The van der Waals surface area contributed by atoms with Crippen molar-refractivity contribution in [3.8, 4) is 0 Å². The summed E-state index contributed by atoms with van der Waals surface area (Å²) in [6, 6.07) is 8.33. The molecule has 2 heterocycles. The molecular formula is C17H17IN2O4S. The van der Waals surface area contributed by atoms with Gasteiger partial charge in [0.1, 0.15) is 0 Å². The molecule has 1 aromatic carbocycles. The fraction of sp³-hybridized carbons (Fsp3) is 0.353. The average Bonchev–Trinajstić information content (AvgIpc) is 3.27. The normalized spacial score (nSPS) is 16.8. The van der Waals surface area contributed by atoms with Crippen LogP contribution in [0.3, 0.4) is 0 Å². The highest BCUT2D eigenvalue weighted by molar-refractivity contribution is 14.1. The van der Waals surface area contributed by atoms with E-state index in [4.69, 9.17) is 4.74 Å². The predicted octanol–water partition coefficient (Wildman–Crippen LogP) is 4.08. The van der Waals surface area contributed by atoms with Crippen LogP contribution in [0.1, 0.15) is 28.1 Å². The Kier molecular flexibility index (Phi) is 6.02. The Labute approximate surface area is 163 Å². The molecule has 0 saturated carbocycles. The minimum atomic E-state index is -0.476. The number of hydrogen-bond acceptors (Lipinski definition) is 5. The number of non-ortho nitro benzene ring substituents is 1. The quantitative estimate of drug-likeness (QED) is 0.361. The Bertz CT molecular complexity index is 760. The SMILES string of the molecule is O=C(c1cc([N+](=O)[O-])ccc1I)N(Cc1cccs1)CC1CCCO1. The number of amides is 1. The molecule has 6 nitrogen and oxygen atoms in total. The van der Waals surface area contributed by atoms with Gasteiger partial charge in [0.2, 0.25) is 0 Å². The van der Waals surface area contributed by atoms with E-state index in [2.05, 4.69) is 0 Å². The third kappa shape index (κ3) is 4.56. The van der Waals surface area contributed by atoms with Gasteiger partial charge in [-0.05, 0) is 52.9 Å². The van der Waals surface area contributed by atoms with Crippen LogP contribution < -0.4 is 0 Å². The third-order valence-corrected chi connectivity index (χ3v) is 5.86. The van der Waals surface area contributed by atoms with Crippen molar-refractivity contribution < 1.29 is 14.5 Å². The second-order valence-electron chi connectivity index (χ2n) is 5.82. The van der Waals surface area contributed by atoms with Gasteiger partial charge in [-0.2, -0.15) is 0 Å². The van der Waals surface area contributed by atoms with Crippen molar-refractivity contribution in [2.75, 3.05) is 13.2 Å². The number of nitro benzene ring substituents is 1. The van der Waals surface area contributed by atoms with Crippen molar-refractivity contribution in [1.82, 2.24) is 4.90 Å². The van der Waals surface area contributed by atoms with Crippen LogP contribution in [0.2, 0.25) is 0 Å². The van der Waals surface area contributed by atoms with Crippen LogP contribution >= 0.6 is 33.9 Å². The number of ether oxygens (including phenoxy) is 1. The Morgan fingerprint density at radius 1 is 1.44 bits per heavy atom. The maximum Gasteiger partial charge on any atom is 0.270 e. The number of carbonyl (C=O) groups is 1. The molecule has 1 unspecified atom stereocenters. The maximum absolute atomic E-state index is 13.1. The lowest BCUT2D eigenvalue weighted by Gasteiger charge is -2.25. The molecule has 0 spiro atoms. The molecule has 1 fully saturated rings. The lowest BCUT2D eigenvalue weighted by molar-refractivity contribution is -0.384. The summed E-state index contributed by atoms with van der Waals surface area (Å²) in [4.78, 5) is 26.5. The van der Waals surface area contributed by atoms with E-state index in [9.17, 15) is 14.9 Å². The fourth-order valence-corrected chi connectivity index (χ4v) is 4.09. The number of rotatable bonds is 6. The summed E-state index contributed by atoms with van der Waals surface area (Å²) < 4.78 is 6.39. The highest BCUT2D eigenvalue weighted by Gasteiger charge is 2.26. The fourth-order valence-electron chi connectivity index (χ4n) is 2.81. The first-order valence-corrected chi connectivity index (χ1v) is 9.87. The first-order chi connectivity index (χ1) is 12.0. The van der Waals surface area contributed by atoms with E-state index in [1.807, 2.05) is 40.1 Å². The van der Waals surface area contributed by atoms with Crippen LogP contribution in [0.5, 0.6) is 0 Å². The molecule has 0 N–H and O–H groups in total. The number of halogens is 1. The van der Waals surface area contributed by atoms with E-state index in [0.29, 0.717) is 22.2 Å². The Hall–Kier alpha value is -1.52. The van der Waals surface area contributed by atoms with Crippen LogP contribution in [0, 0.1) is 13.7 Å². The monoisotopic (exact) mass is 472 g/mol. The van der Waals surface area contributed by atoms with Gasteiger partial charge in [0.25, 0.3) is 11.6 Å². The van der Waals surface area contributed by atoms with Crippen LogP contribution in [0.25, 0.3) is 0 Å². The lowest BCUT2D eigenvalue weighted by atomic mass is 10.1. The molecule has 1 aliphatic heterocycles. The van der Waals surface area contributed by atoms with Gasteiger partial charge in [-0.1, -0.05) is 6.07 Å². The van der Waals surface area contributed by atoms with Crippen molar-refractivity contribution in [3.63, 3.8) is 0 Å². The van der Waals surface area contributed by atoms with Gasteiger partial charge in [0, 0.05) is 33.7 Å². The molecular weight excluding hydrogens is 455 g/mol. The summed E-state index contributed by atoms with van der Waals surface area (Å²) in [5, 5.41) is 13.0. The minimum Gasteiger partial charge on any atom is -0.376 e. The maximum atomic E-state index is 13.1. The first kappa shape index (κ1) is 18.3. The summed E-state index contributed by atoms with van der Waals surface area (Å²) in [6.07, 6.45) is 1.96. The standard InChI is InChI=1S/C17H17IN2O4S/c18-16-6-5-12(20(22)23)9-15(16)17(21)19(10-13-3-1-7-24-13)11-14-4-2-8-25-14/h2,4-6,8-9,13H,1,3,7,10-11H2. The van der Waals surface area contributed by atoms with Crippen molar-refractivity contribution in [2.45, 2.75) is 25.5 Å². The molecule has 25 heavy (non-hydrogen) atoms. The van der Waals surface area contributed by atoms with Gasteiger partial charge in [-0.15, -0.1) is 11.3 Å². The minimum absolute atomic E-state index is 0.0280. The zero-order valence-corrected chi connectivity index (χ0v) is 16.4. The first-order valence-electron chi connectivity index (χ1n) is 7.92. The zero-order chi connectivity index (χ0) is 17.8. The number of benzene rings is 1. The highest BCUT2D eigenvalue weighted by Crippen LogP contribution is 2.24. The number of carbonyl (C=O) groups excluding carboxylic acids is 1. The van der Waals surface area contributed by atoms with Gasteiger partial charge in [0.15, 0.2) is 0 Å². The van der Waals surface area contributed by atoms with E-state index in [0.717, 1.165) is 24.3 Å². The number of nitrogens with zero attached hydrogens (tertiary/aromatic N) is 2. The molecule has 2 aromatic rings. The molecule has 0 radical (unpaired) electrons. The van der Waals surface area contributed by atoms with Crippen molar-refractivity contribution in [2.24, 2.45) is 0 Å². The molecule has 1 saturated heterocycles. The molecule has 1 atom stereocenters. The highest BCUT2D eigenvalue weighted by atomic mass is 127. The van der Waals surface area contributed by atoms with Crippen LogP contribution in [-0.4, -0.2) is 35.0 Å². The second kappa shape index (κ2) is 8.24. The predicted molar refractivity (Wildman–Crippen MR) is 104 cm³/mol. The number of nitro groups is 1. The van der Waals surface area contributed by atoms with Gasteiger partial charge >= 0.3 is 0 Å². The largest absolute Gasteiger partial charge is 0.376 e. The van der Waals surface area contributed by atoms with E-state index >= 15 is 0 Å².